The molecule has 0 spiro atoms. The Kier molecular flexibility index (Phi) is 4.25. The van der Waals surface area contributed by atoms with Crippen LogP contribution in [0, 0.1) is 0 Å². The van der Waals surface area contributed by atoms with Crippen LogP contribution in [0.25, 0.3) is 16.6 Å². The molecule has 7 nitrogen and oxygen atoms in total. The molecule has 0 saturated carbocycles. The normalized spacial score (nSPS) is 10.9. The number of para-hydroxylation sites is 2. The zero-order chi connectivity index (χ0) is 20.5. The lowest BCUT2D eigenvalue weighted by Gasteiger charge is -2.08. The van der Waals surface area contributed by atoms with Gasteiger partial charge in [0.05, 0.1) is 17.1 Å². The van der Waals surface area contributed by atoms with Gasteiger partial charge in [-0.25, -0.2) is 4.52 Å². The van der Waals surface area contributed by atoms with E-state index in [1.165, 1.54) is 6.20 Å². The smallest absolute Gasteiger partial charge is 0.261 e. The van der Waals surface area contributed by atoms with Gasteiger partial charge in [-0.15, -0.1) is 0 Å². The molecule has 2 heterocycles. The minimum atomic E-state index is -0.368. The molecule has 2 aromatic heterocycles. The van der Waals surface area contributed by atoms with Crippen molar-refractivity contribution in [3.8, 4) is 11.5 Å². The predicted molar refractivity (Wildman–Crippen MR) is 114 cm³/mol. The second-order valence-corrected chi connectivity index (χ2v) is 6.68. The summed E-state index contributed by atoms with van der Waals surface area (Å²) in [6.45, 7) is 0. The van der Waals surface area contributed by atoms with E-state index in [9.17, 15) is 9.59 Å². The number of hydrogen-bond acceptors (Lipinski definition) is 4. The summed E-state index contributed by atoms with van der Waals surface area (Å²) in [5.41, 5.74) is 1.60. The van der Waals surface area contributed by atoms with Crippen molar-refractivity contribution in [2.24, 2.45) is 0 Å². The second-order valence-electron chi connectivity index (χ2n) is 6.68. The van der Waals surface area contributed by atoms with E-state index >= 15 is 0 Å². The molecule has 1 amide bonds. The van der Waals surface area contributed by atoms with Gasteiger partial charge in [0.2, 0.25) is 0 Å². The lowest BCUT2D eigenvalue weighted by atomic mass is 10.2. The lowest BCUT2D eigenvalue weighted by molar-refractivity contribution is 0.102. The molecule has 7 heteroatoms. The number of anilines is 1. The molecule has 0 unspecified atom stereocenters. The molecule has 0 bridgehead atoms. The van der Waals surface area contributed by atoms with E-state index in [1.807, 2.05) is 36.4 Å². The summed E-state index contributed by atoms with van der Waals surface area (Å²) in [5.74, 6) is 1.02. The van der Waals surface area contributed by atoms with Crippen LogP contribution in [-0.2, 0) is 0 Å². The van der Waals surface area contributed by atoms with Crippen molar-refractivity contribution in [2.75, 3.05) is 5.32 Å². The number of rotatable bonds is 4. The first-order chi connectivity index (χ1) is 14.7. The van der Waals surface area contributed by atoms with Crippen LogP contribution >= 0.6 is 0 Å². The molecule has 0 aliphatic heterocycles. The van der Waals surface area contributed by atoms with Gasteiger partial charge in [-0.2, -0.15) is 5.10 Å². The van der Waals surface area contributed by atoms with Crippen LogP contribution in [0.5, 0.6) is 11.5 Å². The Hall–Kier alpha value is -4.39. The SMILES string of the molecule is O=C(Nc1ccc(Oc2ccccc2)cc1)c1cnn2c1[nH]c(=O)c1ccccc12. The Morgan fingerprint density at radius 2 is 1.60 bits per heavy atom. The Morgan fingerprint density at radius 3 is 2.40 bits per heavy atom. The highest BCUT2D eigenvalue weighted by atomic mass is 16.5. The number of hydrogen-bond donors (Lipinski definition) is 2. The van der Waals surface area contributed by atoms with Gasteiger partial charge in [-0.3, -0.25) is 9.59 Å². The number of benzene rings is 3. The molecule has 2 N–H and O–H groups in total. The first kappa shape index (κ1) is 17.7. The number of nitrogens with one attached hydrogen (secondary N) is 2. The number of carbonyl (C=O) groups is 1. The molecule has 5 aromatic rings. The van der Waals surface area contributed by atoms with Crippen LogP contribution in [0.4, 0.5) is 5.69 Å². The van der Waals surface area contributed by atoms with Crippen LogP contribution in [0.2, 0.25) is 0 Å². The third-order valence-electron chi connectivity index (χ3n) is 4.71. The van der Waals surface area contributed by atoms with Gasteiger partial charge in [-0.1, -0.05) is 30.3 Å². The Labute approximate surface area is 170 Å². The molecule has 5 rings (SSSR count). The fourth-order valence-corrected chi connectivity index (χ4v) is 3.27. The summed E-state index contributed by atoms with van der Waals surface area (Å²) in [4.78, 5) is 27.9. The summed E-state index contributed by atoms with van der Waals surface area (Å²) in [7, 11) is 0. The molecule has 146 valence electrons. The van der Waals surface area contributed by atoms with Crippen molar-refractivity contribution in [3.63, 3.8) is 0 Å². The summed E-state index contributed by atoms with van der Waals surface area (Å²) in [6, 6.07) is 23.6. The zero-order valence-electron chi connectivity index (χ0n) is 15.7. The summed E-state index contributed by atoms with van der Waals surface area (Å²) in [6.07, 6.45) is 1.44. The molecule has 0 fully saturated rings. The van der Waals surface area contributed by atoms with Crippen molar-refractivity contribution in [2.45, 2.75) is 0 Å². The average Bonchev–Trinajstić information content (AvgIpc) is 3.20. The van der Waals surface area contributed by atoms with E-state index in [-0.39, 0.29) is 17.0 Å². The van der Waals surface area contributed by atoms with Crippen molar-refractivity contribution in [3.05, 3.63) is 101 Å². The van der Waals surface area contributed by atoms with Crippen LogP contribution in [-0.4, -0.2) is 20.5 Å². The number of ether oxygens (including phenoxy) is 1. The minimum Gasteiger partial charge on any atom is -0.457 e. The van der Waals surface area contributed by atoms with Gasteiger partial charge in [0, 0.05) is 5.69 Å². The standard InChI is InChI=1S/C23H16N4O3/c28-22-18-8-4-5-9-20(18)27-21(26-22)19(14-24-27)23(29)25-15-10-12-17(13-11-15)30-16-6-2-1-3-7-16/h1-14H,(H,25,29)(H,26,28). The van der Waals surface area contributed by atoms with E-state index in [2.05, 4.69) is 15.4 Å². The van der Waals surface area contributed by atoms with E-state index in [1.54, 1.807) is 47.0 Å². The molecule has 0 saturated heterocycles. The first-order valence-corrected chi connectivity index (χ1v) is 9.32. The largest absolute Gasteiger partial charge is 0.457 e. The summed E-state index contributed by atoms with van der Waals surface area (Å²) < 4.78 is 7.31. The Bertz CT molecular complexity index is 1420. The maximum Gasteiger partial charge on any atom is 0.261 e. The number of amides is 1. The fourth-order valence-electron chi connectivity index (χ4n) is 3.27. The van der Waals surface area contributed by atoms with Gasteiger partial charge in [0.15, 0.2) is 0 Å². The van der Waals surface area contributed by atoms with Gasteiger partial charge in [0.1, 0.15) is 22.7 Å². The van der Waals surface area contributed by atoms with Crippen molar-refractivity contribution in [1.82, 2.24) is 14.6 Å². The monoisotopic (exact) mass is 396 g/mol. The second kappa shape index (κ2) is 7.21. The topological polar surface area (TPSA) is 88.5 Å². The molecule has 0 atom stereocenters. The Balaban J connectivity index is 1.40. The molecule has 3 aromatic carbocycles. The van der Waals surface area contributed by atoms with E-state index in [0.29, 0.717) is 28.0 Å². The third kappa shape index (κ3) is 3.18. The van der Waals surface area contributed by atoms with Crippen molar-refractivity contribution >= 4 is 28.1 Å². The molecule has 0 aliphatic rings. The van der Waals surface area contributed by atoms with Crippen LogP contribution < -0.4 is 15.6 Å². The van der Waals surface area contributed by atoms with Crippen molar-refractivity contribution < 1.29 is 9.53 Å². The first-order valence-electron chi connectivity index (χ1n) is 9.32. The van der Waals surface area contributed by atoms with Gasteiger partial charge in [0.25, 0.3) is 11.5 Å². The van der Waals surface area contributed by atoms with Crippen molar-refractivity contribution in [1.29, 1.82) is 0 Å². The summed E-state index contributed by atoms with van der Waals surface area (Å²) in [5, 5.41) is 7.61. The number of H-pyrrole nitrogens is 1. The van der Waals surface area contributed by atoms with Gasteiger partial charge in [-0.05, 0) is 48.5 Å². The average molecular weight is 396 g/mol. The maximum atomic E-state index is 12.8. The lowest BCUT2D eigenvalue weighted by Crippen LogP contribution is -2.15. The third-order valence-corrected chi connectivity index (χ3v) is 4.71. The number of nitrogens with zero attached hydrogens (tertiary/aromatic N) is 2. The van der Waals surface area contributed by atoms with E-state index in [4.69, 9.17) is 4.74 Å². The van der Waals surface area contributed by atoms with E-state index < -0.39 is 0 Å². The predicted octanol–water partition coefficient (Wildman–Crippen LogP) is 4.22. The zero-order valence-corrected chi connectivity index (χ0v) is 15.7. The quantitative estimate of drug-likeness (QED) is 0.476. The number of aromatic nitrogens is 3. The highest BCUT2D eigenvalue weighted by Crippen LogP contribution is 2.23. The number of aromatic amines is 1. The summed E-state index contributed by atoms with van der Waals surface area (Å²) >= 11 is 0. The molecular weight excluding hydrogens is 380 g/mol. The molecule has 0 aliphatic carbocycles. The van der Waals surface area contributed by atoms with E-state index in [0.717, 1.165) is 5.75 Å². The molecule has 30 heavy (non-hydrogen) atoms. The minimum absolute atomic E-state index is 0.268. The van der Waals surface area contributed by atoms with Crippen LogP contribution in [0.1, 0.15) is 10.4 Å². The van der Waals surface area contributed by atoms with Gasteiger partial charge >= 0.3 is 0 Å². The van der Waals surface area contributed by atoms with Gasteiger partial charge < -0.3 is 15.0 Å². The number of carbonyl (C=O) groups excluding carboxylic acids is 1. The van der Waals surface area contributed by atoms with Crippen LogP contribution in [0.3, 0.4) is 0 Å². The molecule has 0 radical (unpaired) electrons. The van der Waals surface area contributed by atoms with Crippen LogP contribution in [0.15, 0.2) is 89.9 Å². The number of fused-ring (bicyclic) bond motifs is 3. The maximum absolute atomic E-state index is 12.8. The highest BCUT2D eigenvalue weighted by Gasteiger charge is 2.16. The fraction of sp³-hybridized carbons (Fsp3) is 0. The highest BCUT2D eigenvalue weighted by molar-refractivity contribution is 6.08. The Morgan fingerprint density at radius 1 is 0.900 bits per heavy atom. The molecular formula is C23H16N4O3.